The quantitative estimate of drug-likeness (QED) is 0.829. The molecule has 0 radical (unpaired) electrons. The summed E-state index contributed by atoms with van der Waals surface area (Å²) in [5.74, 6) is 0.670. The van der Waals surface area contributed by atoms with Crippen LogP contribution in [0.1, 0.15) is 49.7 Å². The number of aryl methyl sites for hydroxylation is 1. The Morgan fingerprint density at radius 1 is 1.32 bits per heavy atom. The van der Waals surface area contributed by atoms with Crippen LogP contribution < -0.4 is 0 Å². The predicted molar refractivity (Wildman–Crippen MR) is 75.3 cm³/mol. The molecule has 2 heteroatoms. The van der Waals surface area contributed by atoms with Crippen molar-refractivity contribution in [2.75, 3.05) is 6.61 Å². The van der Waals surface area contributed by atoms with Crippen molar-refractivity contribution in [3.8, 4) is 0 Å². The third-order valence-corrected chi connectivity index (χ3v) is 4.69. The molecule has 0 aromatic heterocycles. The summed E-state index contributed by atoms with van der Waals surface area (Å²) in [4.78, 5) is 12.9. The van der Waals surface area contributed by atoms with Crippen LogP contribution in [-0.4, -0.2) is 18.5 Å². The van der Waals surface area contributed by atoms with Gasteiger partial charge < -0.3 is 4.74 Å². The first-order valence-electron chi connectivity index (χ1n) is 7.54. The molecule has 1 aliphatic heterocycles. The van der Waals surface area contributed by atoms with Gasteiger partial charge in [-0.05, 0) is 43.2 Å². The second-order valence-corrected chi connectivity index (χ2v) is 5.76. The maximum absolute atomic E-state index is 12.9. The Morgan fingerprint density at radius 2 is 2.16 bits per heavy atom. The Hall–Kier alpha value is -1.15. The van der Waals surface area contributed by atoms with E-state index in [4.69, 9.17) is 4.74 Å². The Balaban J connectivity index is 1.85. The Labute approximate surface area is 115 Å². The van der Waals surface area contributed by atoms with Crippen molar-refractivity contribution in [2.45, 2.75) is 51.0 Å². The smallest absolute Gasteiger partial charge is 0.146 e. The number of hydrogen-bond acceptors (Lipinski definition) is 2. The van der Waals surface area contributed by atoms with Crippen LogP contribution in [0.2, 0.25) is 0 Å². The van der Waals surface area contributed by atoms with Gasteiger partial charge in [0.15, 0.2) is 0 Å². The van der Waals surface area contributed by atoms with E-state index in [0.717, 1.165) is 38.7 Å². The lowest BCUT2D eigenvalue weighted by Gasteiger charge is -2.27. The second kappa shape index (κ2) is 5.46. The van der Waals surface area contributed by atoms with Crippen LogP contribution in [0, 0.1) is 5.92 Å². The molecule has 0 spiro atoms. The van der Waals surface area contributed by atoms with Gasteiger partial charge in [0.2, 0.25) is 0 Å². The van der Waals surface area contributed by atoms with Gasteiger partial charge in [0.05, 0.1) is 6.10 Å². The standard InChI is InChI=1S/C17H22O2/c1-2-16-15(10-11-19-16)17(18)14-9-5-7-12-6-3-4-8-13(12)14/h3-4,6,8,14-16H,2,5,7,9-11H2,1H3. The molecule has 0 N–H and O–H groups in total. The van der Waals surface area contributed by atoms with Crippen molar-refractivity contribution in [1.29, 1.82) is 0 Å². The minimum absolute atomic E-state index is 0.116. The van der Waals surface area contributed by atoms with E-state index >= 15 is 0 Å². The molecule has 19 heavy (non-hydrogen) atoms. The van der Waals surface area contributed by atoms with Gasteiger partial charge in [0.25, 0.3) is 0 Å². The van der Waals surface area contributed by atoms with Gasteiger partial charge in [-0.3, -0.25) is 4.79 Å². The van der Waals surface area contributed by atoms with E-state index in [1.165, 1.54) is 11.1 Å². The monoisotopic (exact) mass is 258 g/mol. The van der Waals surface area contributed by atoms with Crippen molar-refractivity contribution >= 4 is 5.78 Å². The Bertz CT molecular complexity index is 466. The number of benzene rings is 1. The third kappa shape index (κ3) is 2.34. The molecule has 1 fully saturated rings. The summed E-state index contributed by atoms with van der Waals surface area (Å²) in [7, 11) is 0. The highest BCUT2D eigenvalue weighted by molar-refractivity contribution is 5.89. The van der Waals surface area contributed by atoms with Gasteiger partial charge >= 0.3 is 0 Å². The summed E-state index contributed by atoms with van der Waals surface area (Å²) in [6, 6.07) is 8.47. The topological polar surface area (TPSA) is 26.3 Å². The van der Waals surface area contributed by atoms with Gasteiger partial charge in [0.1, 0.15) is 5.78 Å². The highest BCUT2D eigenvalue weighted by atomic mass is 16.5. The molecule has 1 saturated heterocycles. The average Bonchev–Trinajstić information content (AvgIpc) is 2.94. The fourth-order valence-electron chi connectivity index (χ4n) is 3.68. The number of carbonyl (C=O) groups excluding carboxylic acids is 1. The van der Waals surface area contributed by atoms with E-state index in [0.29, 0.717) is 5.78 Å². The van der Waals surface area contributed by atoms with Gasteiger partial charge in [-0.1, -0.05) is 31.2 Å². The van der Waals surface area contributed by atoms with Crippen LogP contribution in [0.15, 0.2) is 24.3 Å². The van der Waals surface area contributed by atoms with Crippen molar-refractivity contribution < 1.29 is 9.53 Å². The minimum Gasteiger partial charge on any atom is -0.377 e. The van der Waals surface area contributed by atoms with Gasteiger partial charge in [0, 0.05) is 18.4 Å². The van der Waals surface area contributed by atoms with E-state index < -0.39 is 0 Å². The summed E-state index contributed by atoms with van der Waals surface area (Å²) in [5.41, 5.74) is 2.65. The molecular formula is C17H22O2. The third-order valence-electron chi connectivity index (χ3n) is 4.69. The first kappa shape index (κ1) is 12.9. The number of Topliss-reactive ketones (excluding diaryl/α,β-unsaturated/α-hetero) is 1. The highest BCUT2D eigenvalue weighted by Crippen LogP contribution is 2.37. The predicted octanol–water partition coefficient (Wildman–Crippen LogP) is 3.49. The van der Waals surface area contributed by atoms with E-state index in [-0.39, 0.29) is 17.9 Å². The first-order chi connectivity index (χ1) is 9.31. The molecule has 3 rings (SSSR count). The van der Waals surface area contributed by atoms with E-state index in [1.807, 2.05) is 0 Å². The van der Waals surface area contributed by atoms with Crippen LogP contribution >= 0.6 is 0 Å². The fourth-order valence-corrected chi connectivity index (χ4v) is 3.68. The zero-order valence-electron chi connectivity index (χ0n) is 11.6. The molecule has 1 aliphatic carbocycles. The molecule has 1 heterocycles. The molecule has 102 valence electrons. The molecule has 2 nitrogen and oxygen atoms in total. The van der Waals surface area contributed by atoms with Gasteiger partial charge in [-0.25, -0.2) is 0 Å². The largest absolute Gasteiger partial charge is 0.377 e. The van der Waals surface area contributed by atoms with Crippen molar-refractivity contribution in [2.24, 2.45) is 5.92 Å². The molecular weight excluding hydrogens is 236 g/mol. The van der Waals surface area contributed by atoms with E-state index in [9.17, 15) is 4.79 Å². The second-order valence-electron chi connectivity index (χ2n) is 5.76. The molecule has 2 aliphatic rings. The van der Waals surface area contributed by atoms with E-state index in [2.05, 4.69) is 31.2 Å². The van der Waals surface area contributed by atoms with Crippen molar-refractivity contribution in [1.82, 2.24) is 0 Å². The molecule has 3 atom stereocenters. The van der Waals surface area contributed by atoms with Gasteiger partial charge in [-0.2, -0.15) is 0 Å². The summed E-state index contributed by atoms with van der Waals surface area (Å²) >= 11 is 0. The van der Waals surface area contributed by atoms with Crippen LogP contribution in [-0.2, 0) is 16.0 Å². The van der Waals surface area contributed by atoms with Crippen LogP contribution in [0.4, 0.5) is 0 Å². The fraction of sp³-hybridized carbons (Fsp3) is 0.588. The number of rotatable bonds is 3. The lowest BCUT2D eigenvalue weighted by Crippen LogP contribution is -2.30. The number of ketones is 1. The highest BCUT2D eigenvalue weighted by Gasteiger charge is 2.38. The summed E-state index contributed by atoms with van der Waals surface area (Å²) in [6.07, 6.45) is 5.29. The van der Waals surface area contributed by atoms with Crippen molar-refractivity contribution in [3.63, 3.8) is 0 Å². The summed E-state index contributed by atoms with van der Waals surface area (Å²) in [5, 5.41) is 0. The number of ether oxygens (including phenoxy) is 1. The maximum Gasteiger partial charge on any atom is 0.146 e. The number of hydrogen-bond donors (Lipinski definition) is 0. The normalized spacial score (nSPS) is 30.1. The summed E-state index contributed by atoms with van der Waals surface area (Å²) < 4.78 is 5.69. The Morgan fingerprint density at radius 3 is 3.00 bits per heavy atom. The molecule has 1 aromatic rings. The molecule has 0 saturated carbocycles. The molecule has 3 unspecified atom stereocenters. The zero-order valence-corrected chi connectivity index (χ0v) is 11.6. The molecule has 0 amide bonds. The van der Waals surface area contributed by atoms with Crippen LogP contribution in [0.25, 0.3) is 0 Å². The van der Waals surface area contributed by atoms with Crippen LogP contribution in [0.3, 0.4) is 0 Å². The minimum atomic E-state index is 0.116. The summed E-state index contributed by atoms with van der Waals surface area (Å²) in [6.45, 7) is 2.87. The van der Waals surface area contributed by atoms with Gasteiger partial charge in [-0.15, -0.1) is 0 Å². The first-order valence-corrected chi connectivity index (χ1v) is 7.54. The molecule has 1 aromatic carbocycles. The Kier molecular flexibility index (Phi) is 3.69. The SMILES string of the molecule is CCC1OCCC1C(=O)C1CCCc2ccccc21. The lowest BCUT2D eigenvalue weighted by molar-refractivity contribution is -0.126. The lowest BCUT2D eigenvalue weighted by atomic mass is 9.76. The average molecular weight is 258 g/mol. The van der Waals surface area contributed by atoms with E-state index in [1.54, 1.807) is 0 Å². The van der Waals surface area contributed by atoms with Crippen LogP contribution in [0.5, 0.6) is 0 Å². The molecule has 0 bridgehead atoms. The van der Waals surface area contributed by atoms with Crippen molar-refractivity contribution in [3.05, 3.63) is 35.4 Å². The zero-order chi connectivity index (χ0) is 13.2. The number of fused-ring (bicyclic) bond motifs is 1. The maximum atomic E-state index is 12.9. The number of carbonyl (C=O) groups is 1.